The lowest BCUT2D eigenvalue weighted by molar-refractivity contribution is -0.174. The van der Waals surface area contributed by atoms with Crippen molar-refractivity contribution in [3.05, 3.63) is 53.9 Å². The van der Waals surface area contributed by atoms with E-state index < -0.39 is 0 Å². The number of methoxy groups -OCH3 is 1. The molecular weight excluding hydrogens is 376 g/mol. The summed E-state index contributed by atoms with van der Waals surface area (Å²) < 4.78 is 18.7. The zero-order chi connectivity index (χ0) is 20.8. The Hall–Kier alpha value is -2.11. The molecule has 2 atom stereocenters. The van der Waals surface area contributed by atoms with Gasteiger partial charge in [-0.05, 0) is 69.3 Å². The Morgan fingerprint density at radius 1 is 1.17 bits per heavy atom. The monoisotopic (exact) mass is 408 g/mol. The summed E-state index contributed by atoms with van der Waals surface area (Å²) in [5.74, 6) is 2.00. The van der Waals surface area contributed by atoms with Crippen molar-refractivity contribution in [2.45, 2.75) is 51.4 Å². The maximum Gasteiger partial charge on any atom is 0.167 e. The van der Waals surface area contributed by atoms with Gasteiger partial charge in [0.25, 0.3) is 0 Å². The summed E-state index contributed by atoms with van der Waals surface area (Å²) in [6.45, 7) is 8.46. The predicted molar refractivity (Wildman–Crippen MR) is 116 cm³/mol. The summed E-state index contributed by atoms with van der Waals surface area (Å²) in [4.78, 5) is 6.81. The van der Waals surface area contributed by atoms with Crippen LogP contribution in [0.2, 0.25) is 0 Å². The van der Waals surface area contributed by atoms with Crippen molar-refractivity contribution in [2.24, 2.45) is 11.3 Å². The molecule has 5 nitrogen and oxygen atoms in total. The lowest BCUT2D eigenvalue weighted by atomic mass is 9.64. The van der Waals surface area contributed by atoms with Crippen LogP contribution in [0.5, 0.6) is 11.5 Å². The third kappa shape index (κ3) is 3.48. The molecule has 3 aliphatic heterocycles. The number of fused-ring (bicyclic) bond motifs is 3. The van der Waals surface area contributed by atoms with Crippen molar-refractivity contribution in [1.82, 2.24) is 9.88 Å². The maximum absolute atomic E-state index is 6.63. The second kappa shape index (κ2) is 7.54. The quantitative estimate of drug-likeness (QED) is 0.741. The van der Waals surface area contributed by atoms with Crippen LogP contribution in [0.4, 0.5) is 0 Å². The third-order valence-electron chi connectivity index (χ3n) is 7.43. The van der Waals surface area contributed by atoms with E-state index in [2.05, 4.69) is 35.9 Å². The number of piperidine rings is 1. The molecule has 4 heterocycles. The highest BCUT2D eigenvalue weighted by atomic mass is 16.5. The van der Waals surface area contributed by atoms with Crippen LogP contribution in [0.1, 0.15) is 50.3 Å². The lowest BCUT2D eigenvalue weighted by Crippen LogP contribution is -2.54. The van der Waals surface area contributed by atoms with Gasteiger partial charge in [0.2, 0.25) is 0 Å². The molecule has 1 aromatic carbocycles. The number of ether oxygens (including phenoxy) is 3. The highest BCUT2D eigenvalue weighted by Crippen LogP contribution is 2.57. The molecule has 3 aliphatic rings. The molecule has 2 saturated heterocycles. The fraction of sp³-hybridized carbons (Fsp3) is 0.560. The van der Waals surface area contributed by atoms with Crippen molar-refractivity contribution in [2.75, 3.05) is 26.8 Å². The molecule has 5 rings (SSSR count). The van der Waals surface area contributed by atoms with Gasteiger partial charge in [-0.2, -0.15) is 0 Å². The van der Waals surface area contributed by atoms with E-state index >= 15 is 0 Å². The molecule has 1 aromatic heterocycles. The molecule has 0 amide bonds. The van der Waals surface area contributed by atoms with Gasteiger partial charge < -0.3 is 14.2 Å². The number of rotatable bonds is 3. The molecular formula is C25H32N2O3. The molecule has 5 heteroatoms. The number of likely N-dealkylation sites (tertiary alicyclic amines) is 1. The maximum atomic E-state index is 6.63. The van der Waals surface area contributed by atoms with Crippen LogP contribution >= 0.6 is 0 Å². The number of nitrogens with zero attached hydrogens (tertiary/aromatic N) is 2. The molecule has 0 unspecified atom stereocenters. The van der Waals surface area contributed by atoms with Gasteiger partial charge in [0.1, 0.15) is 5.60 Å². The van der Waals surface area contributed by atoms with E-state index in [-0.39, 0.29) is 17.1 Å². The first kappa shape index (κ1) is 19.8. The van der Waals surface area contributed by atoms with Crippen LogP contribution in [0.15, 0.2) is 42.7 Å². The van der Waals surface area contributed by atoms with E-state index in [0.717, 1.165) is 49.7 Å². The zero-order valence-electron chi connectivity index (χ0n) is 18.3. The van der Waals surface area contributed by atoms with Gasteiger partial charge in [0, 0.05) is 30.4 Å². The Labute approximate surface area is 179 Å². The number of hydrogen-bond acceptors (Lipinski definition) is 5. The normalized spacial score (nSPS) is 27.0. The van der Waals surface area contributed by atoms with Crippen LogP contribution < -0.4 is 9.47 Å². The van der Waals surface area contributed by atoms with Crippen molar-refractivity contribution in [1.29, 1.82) is 0 Å². The van der Waals surface area contributed by atoms with Crippen molar-refractivity contribution in [3.8, 4) is 11.5 Å². The Morgan fingerprint density at radius 2 is 2.00 bits per heavy atom. The fourth-order valence-electron chi connectivity index (χ4n) is 5.58. The largest absolute Gasteiger partial charge is 0.493 e. The molecule has 160 valence electrons. The van der Waals surface area contributed by atoms with Gasteiger partial charge in [-0.25, -0.2) is 0 Å². The van der Waals surface area contributed by atoms with Gasteiger partial charge in [-0.3, -0.25) is 9.88 Å². The third-order valence-corrected chi connectivity index (χ3v) is 7.43. The second-order valence-electron chi connectivity index (χ2n) is 9.76. The van der Waals surface area contributed by atoms with Crippen molar-refractivity contribution < 1.29 is 14.2 Å². The van der Waals surface area contributed by atoms with Gasteiger partial charge >= 0.3 is 0 Å². The smallest absolute Gasteiger partial charge is 0.167 e. The number of pyridine rings is 1. The first-order chi connectivity index (χ1) is 14.5. The van der Waals surface area contributed by atoms with E-state index in [4.69, 9.17) is 14.2 Å². The molecule has 1 spiro atoms. The highest BCUT2D eigenvalue weighted by Gasteiger charge is 2.53. The van der Waals surface area contributed by atoms with Gasteiger partial charge in [0.15, 0.2) is 11.5 Å². The molecule has 0 saturated carbocycles. The Balaban J connectivity index is 1.31. The molecule has 0 bridgehead atoms. The minimum Gasteiger partial charge on any atom is -0.493 e. The summed E-state index contributed by atoms with van der Waals surface area (Å²) in [6, 6.07) is 10.3. The summed E-state index contributed by atoms with van der Waals surface area (Å²) >= 11 is 0. The molecule has 0 N–H and O–H groups in total. The highest BCUT2D eigenvalue weighted by molar-refractivity contribution is 5.50. The van der Waals surface area contributed by atoms with Crippen molar-refractivity contribution in [3.63, 3.8) is 0 Å². The van der Waals surface area contributed by atoms with Crippen LogP contribution in [-0.2, 0) is 11.3 Å². The average Bonchev–Trinajstić information content (AvgIpc) is 2.76. The van der Waals surface area contributed by atoms with Crippen LogP contribution in [0, 0.1) is 11.3 Å². The summed E-state index contributed by atoms with van der Waals surface area (Å²) in [6.07, 6.45) is 7.41. The van der Waals surface area contributed by atoms with Crippen LogP contribution in [0.3, 0.4) is 0 Å². The molecule has 2 aromatic rings. The molecule has 30 heavy (non-hydrogen) atoms. The minimum absolute atomic E-state index is 0.0814. The summed E-state index contributed by atoms with van der Waals surface area (Å²) in [7, 11) is 1.70. The number of benzene rings is 1. The predicted octanol–water partition coefficient (Wildman–Crippen LogP) is 4.62. The Morgan fingerprint density at radius 3 is 2.73 bits per heavy atom. The van der Waals surface area contributed by atoms with Gasteiger partial charge in [-0.15, -0.1) is 0 Å². The standard InChI is InChI=1S/C25H32N2O3/c1-24(2)20-14-25(9-12-27(13-10-25)16-18-6-5-11-26-15-18)17-29-22(20)19-7-4-8-21(28-3)23(19)30-24/h4-8,11,15,20,22H,9-10,12-14,16-17H2,1-3H3/t20-,22+/m0/s1. The van der Waals surface area contributed by atoms with E-state index in [0.29, 0.717) is 5.92 Å². The number of para-hydroxylation sites is 1. The minimum atomic E-state index is -0.285. The Bertz CT molecular complexity index is 891. The first-order valence-electron chi connectivity index (χ1n) is 11.1. The second-order valence-corrected chi connectivity index (χ2v) is 9.76. The van der Waals surface area contributed by atoms with Gasteiger partial charge in [0.05, 0.1) is 19.8 Å². The first-order valence-corrected chi connectivity index (χ1v) is 11.1. The molecule has 2 fully saturated rings. The van der Waals surface area contributed by atoms with Crippen LogP contribution in [-0.4, -0.2) is 42.3 Å². The average molecular weight is 409 g/mol. The van der Waals surface area contributed by atoms with Crippen LogP contribution in [0.25, 0.3) is 0 Å². The van der Waals surface area contributed by atoms with E-state index in [1.807, 2.05) is 30.6 Å². The number of hydrogen-bond donors (Lipinski definition) is 0. The molecule has 0 aliphatic carbocycles. The zero-order valence-corrected chi connectivity index (χ0v) is 18.3. The van der Waals surface area contributed by atoms with E-state index in [1.54, 1.807) is 7.11 Å². The number of aromatic nitrogens is 1. The van der Waals surface area contributed by atoms with E-state index in [1.165, 1.54) is 18.4 Å². The van der Waals surface area contributed by atoms with E-state index in [9.17, 15) is 0 Å². The van der Waals surface area contributed by atoms with Crippen molar-refractivity contribution >= 4 is 0 Å². The molecule has 0 radical (unpaired) electrons. The van der Waals surface area contributed by atoms with Gasteiger partial charge in [-0.1, -0.05) is 18.2 Å². The Kier molecular flexibility index (Phi) is 4.98. The fourth-order valence-corrected chi connectivity index (χ4v) is 5.58. The SMILES string of the molecule is COc1cccc2c1OC(C)(C)[C@H]1CC3(CCN(Cc4cccnc4)CC3)CO[C@H]21. The lowest BCUT2D eigenvalue weighted by Gasteiger charge is -2.54. The summed E-state index contributed by atoms with van der Waals surface area (Å²) in [5, 5.41) is 0. The summed E-state index contributed by atoms with van der Waals surface area (Å²) in [5.41, 5.74) is 2.40. The topological polar surface area (TPSA) is 43.8 Å².